The van der Waals surface area contributed by atoms with Crippen LogP contribution in [0.2, 0.25) is 0 Å². The fourth-order valence-corrected chi connectivity index (χ4v) is 3.66. The van der Waals surface area contributed by atoms with Crippen molar-refractivity contribution in [2.75, 3.05) is 39.5 Å². The minimum atomic E-state index is -0.476. The highest BCUT2D eigenvalue weighted by Crippen LogP contribution is 2.19. The predicted octanol–water partition coefficient (Wildman–Crippen LogP) is 2.73. The van der Waals surface area contributed by atoms with Gasteiger partial charge in [-0.25, -0.2) is 0 Å². The van der Waals surface area contributed by atoms with Gasteiger partial charge in [0.1, 0.15) is 19.0 Å². The summed E-state index contributed by atoms with van der Waals surface area (Å²) in [6.07, 6.45) is 2.00. The highest BCUT2D eigenvalue weighted by Gasteiger charge is 2.11. The Morgan fingerprint density at radius 3 is 2.79 bits per heavy atom. The second kappa shape index (κ2) is 9.22. The smallest absolute Gasteiger partial charge is 0.188 e. The van der Waals surface area contributed by atoms with Crippen molar-refractivity contribution in [3.8, 4) is 5.75 Å². The maximum atomic E-state index is 11.8. The van der Waals surface area contributed by atoms with Crippen molar-refractivity contribution < 1.29 is 19.4 Å². The molecule has 0 bridgehead atoms. The van der Waals surface area contributed by atoms with Crippen LogP contribution in [-0.2, 0) is 17.8 Å². The number of carbonyl (C=O) groups is 1. The first kappa shape index (κ1) is 19.6. The Bertz CT molecular complexity index is 976. The van der Waals surface area contributed by atoms with Crippen molar-refractivity contribution in [1.29, 1.82) is 0 Å². The molecule has 0 radical (unpaired) electrons. The van der Waals surface area contributed by atoms with Gasteiger partial charge < -0.3 is 19.1 Å². The number of hydrogen-bond acceptors (Lipinski definition) is 5. The summed E-state index contributed by atoms with van der Waals surface area (Å²) < 4.78 is 13.5. The SMILES string of the molecule is O=C(CO)c1ccc2ccn(CCOc3cccc(CN4CCOCC4)c3)c2c1. The van der Waals surface area contributed by atoms with E-state index in [1.54, 1.807) is 6.07 Å². The quantitative estimate of drug-likeness (QED) is 0.595. The van der Waals surface area contributed by atoms with E-state index in [2.05, 4.69) is 21.6 Å². The molecule has 2 aromatic carbocycles. The Morgan fingerprint density at radius 1 is 1.10 bits per heavy atom. The molecule has 1 aromatic heterocycles. The minimum Gasteiger partial charge on any atom is -0.492 e. The molecule has 1 aliphatic heterocycles. The molecule has 1 aliphatic rings. The van der Waals surface area contributed by atoms with E-state index in [4.69, 9.17) is 14.6 Å². The lowest BCUT2D eigenvalue weighted by atomic mass is 10.1. The summed E-state index contributed by atoms with van der Waals surface area (Å²) in [5.74, 6) is 0.594. The van der Waals surface area contributed by atoms with E-state index in [1.807, 2.05) is 36.5 Å². The maximum Gasteiger partial charge on any atom is 0.188 e. The average Bonchev–Trinajstić information content (AvgIpc) is 3.16. The third-order valence-corrected chi connectivity index (χ3v) is 5.25. The molecule has 152 valence electrons. The Hall–Kier alpha value is -2.67. The second-order valence-corrected chi connectivity index (χ2v) is 7.25. The van der Waals surface area contributed by atoms with Crippen molar-refractivity contribution >= 4 is 16.7 Å². The van der Waals surface area contributed by atoms with Crippen molar-refractivity contribution in [3.63, 3.8) is 0 Å². The zero-order valence-corrected chi connectivity index (χ0v) is 16.4. The van der Waals surface area contributed by atoms with Crippen LogP contribution in [0.1, 0.15) is 15.9 Å². The number of aliphatic hydroxyl groups excluding tert-OH is 1. The van der Waals surface area contributed by atoms with Crippen molar-refractivity contribution in [2.24, 2.45) is 0 Å². The largest absolute Gasteiger partial charge is 0.492 e. The lowest BCUT2D eigenvalue weighted by Crippen LogP contribution is -2.35. The predicted molar refractivity (Wildman–Crippen MR) is 111 cm³/mol. The zero-order valence-electron chi connectivity index (χ0n) is 16.4. The van der Waals surface area contributed by atoms with E-state index in [1.165, 1.54) is 5.56 Å². The molecule has 0 amide bonds. The minimum absolute atomic E-state index is 0.270. The molecule has 0 spiro atoms. The molecule has 6 heteroatoms. The summed E-state index contributed by atoms with van der Waals surface area (Å²) in [4.78, 5) is 14.2. The van der Waals surface area contributed by atoms with Gasteiger partial charge in [0.25, 0.3) is 0 Å². The number of benzene rings is 2. The third-order valence-electron chi connectivity index (χ3n) is 5.25. The highest BCUT2D eigenvalue weighted by atomic mass is 16.5. The number of Topliss-reactive ketones (excluding diaryl/α,β-unsaturated/α-hetero) is 1. The van der Waals surface area contributed by atoms with E-state index in [0.717, 1.165) is 49.5 Å². The first-order chi connectivity index (χ1) is 14.2. The second-order valence-electron chi connectivity index (χ2n) is 7.25. The number of hydrogen-bond donors (Lipinski definition) is 1. The number of aliphatic hydroxyl groups is 1. The van der Waals surface area contributed by atoms with Crippen LogP contribution in [0.4, 0.5) is 0 Å². The van der Waals surface area contributed by atoms with Gasteiger partial charge in [0.2, 0.25) is 0 Å². The Kier molecular flexibility index (Phi) is 6.24. The number of rotatable bonds is 8. The average molecular weight is 394 g/mol. The van der Waals surface area contributed by atoms with Crippen molar-refractivity contribution in [2.45, 2.75) is 13.1 Å². The van der Waals surface area contributed by atoms with Gasteiger partial charge >= 0.3 is 0 Å². The number of ketones is 1. The van der Waals surface area contributed by atoms with E-state index >= 15 is 0 Å². The van der Waals surface area contributed by atoms with Crippen LogP contribution < -0.4 is 4.74 Å². The van der Waals surface area contributed by atoms with Crippen molar-refractivity contribution in [3.05, 3.63) is 65.9 Å². The number of fused-ring (bicyclic) bond motifs is 1. The first-order valence-corrected chi connectivity index (χ1v) is 9.98. The monoisotopic (exact) mass is 394 g/mol. The van der Waals surface area contributed by atoms with Gasteiger partial charge in [0.15, 0.2) is 5.78 Å². The van der Waals surface area contributed by atoms with Gasteiger partial charge in [-0.2, -0.15) is 0 Å². The molecule has 29 heavy (non-hydrogen) atoms. The molecule has 1 fully saturated rings. The number of nitrogens with zero attached hydrogens (tertiary/aromatic N) is 2. The number of carbonyl (C=O) groups excluding carboxylic acids is 1. The molecular formula is C23H26N2O4. The summed E-state index contributed by atoms with van der Waals surface area (Å²) >= 11 is 0. The number of aromatic nitrogens is 1. The summed E-state index contributed by atoms with van der Waals surface area (Å²) in [7, 11) is 0. The molecule has 0 atom stereocenters. The summed E-state index contributed by atoms with van der Waals surface area (Å²) in [5, 5.41) is 10.2. The first-order valence-electron chi connectivity index (χ1n) is 9.98. The Labute approximate surface area is 170 Å². The van der Waals surface area contributed by atoms with Crippen LogP contribution in [-0.4, -0.2) is 59.9 Å². The number of ether oxygens (including phenoxy) is 2. The van der Waals surface area contributed by atoms with E-state index in [9.17, 15) is 4.79 Å². The van der Waals surface area contributed by atoms with E-state index in [0.29, 0.717) is 18.7 Å². The Balaban J connectivity index is 1.37. The lowest BCUT2D eigenvalue weighted by Gasteiger charge is -2.26. The molecule has 1 saturated heterocycles. The third kappa shape index (κ3) is 4.85. The molecule has 0 unspecified atom stereocenters. The van der Waals surface area contributed by atoms with E-state index < -0.39 is 6.61 Å². The van der Waals surface area contributed by atoms with Gasteiger partial charge in [-0.3, -0.25) is 9.69 Å². The van der Waals surface area contributed by atoms with E-state index in [-0.39, 0.29) is 5.78 Å². The van der Waals surface area contributed by atoms with Gasteiger partial charge in [0.05, 0.1) is 19.8 Å². The molecule has 1 N–H and O–H groups in total. The summed E-state index contributed by atoms with van der Waals surface area (Å²) in [5.41, 5.74) is 2.73. The van der Waals surface area contributed by atoms with Gasteiger partial charge in [0, 0.05) is 36.9 Å². The fraction of sp³-hybridized carbons (Fsp3) is 0.348. The molecule has 2 heterocycles. The van der Waals surface area contributed by atoms with Gasteiger partial charge in [-0.05, 0) is 35.2 Å². The van der Waals surface area contributed by atoms with Crippen LogP contribution in [0.15, 0.2) is 54.7 Å². The maximum absolute atomic E-state index is 11.8. The highest BCUT2D eigenvalue weighted by molar-refractivity contribution is 6.00. The molecular weight excluding hydrogens is 368 g/mol. The van der Waals surface area contributed by atoms with Crippen molar-refractivity contribution in [1.82, 2.24) is 9.47 Å². The summed E-state index contributed by atoms with van der Waals surface area (Å²) in [6, 6.07) is 15.7. The zero-order chi connectivity index (χ0) is 20.1. The standard InChI is InChI=1S/C23H26N2O4/c26-17-23(27)20-5-4-19-6-7-25(22(19)15-20)10-13-29-21-3-1-2-18(14-21)16-24-8-11-28-12-9-24/h1-7,14-15,26H,8-13,16-17H2. The summed E-state index contributed by atoms with van der Waals surface area (Å²) in [6.45, 7) is 5.16. The van der Waals surface area contributed by atoms with Crippen LogP contribution in [0.3, 0.4) is 0 Å². The van der Waals surface area contributed by atoms with Crippen LogP contribution in [0, 0.1) is 0 Å². The Morgan fingerprint density at radius 2 is 1.97 bits per heavy atom. The molecule has 0 aliphatic carbocycles. The molecule has 0 saturated carbocycles. The fourth-order valence-electron chi connectivity index (χ4n) is 3.66. The molecule has 6 nitrogen and oxygen atoms in total. The number of morpholine rings is 1. The van der Waals surface area contributed by atoms with Crippen LogP contribution >= 0.6 is 0 Å². The molecule has 3 aromatic rings. The lowest BCUT2D eigenvalue weighted by molar-refractivity contribution is 0.0341. The topological polar surface area (TPSA) is 63.9 Å². The van der Waals surface area contributed by atoms with Gasteiger partial charge in [-0.1, -0.05) is 24.3 Å². The van der Waals surface area contributed by atoms with Crippen LogP contribution in [0.25, 0.3) is 10.9 Å². The van der Waals surface area contributed by atoms with Crippen LogP contribution in [0.5, 0.6) is 5.75 Å². The van der Waals surface area contributed by atoms with Gasteiger partial charge in [-0.15, -0.1) is 0 Å². The normalized spacial score (nSPS) is 14.9. The molecule has 4 rings (SSSR count).